The molecule has 1 aromatic carbocycles. The number of nitrogens with one attached hydrogen (secondary N) is 1. The normalized spacial score (nSPS) is 27.8. The Morgan fingerprint density at radius 3 is 3.04 bits per heavy atom. The quantitative estimate of drug-likeness (QED) is 0.632. The molecule has 4 rings (SSSR count). The number of hydrogen-bond acceptors (Lipinski definition) is 6. The molecule has 0 aliphatic carbocycles. The van der Waals surface area contributed by atoms with Crippen molar-refractivity contribution in [3.05, 3.63) is 35.4 Å². The molecule has 28 heavy (non-hydrogen) atoms. The molecular formula is C21H26N2O5. The van der Waals surface area contributed by atoms with Crippen LogP contribution in [0, 0.1) is 0 Å². The molecule has 7 heteroatoms. The van der Waals surface area contributed by atoms with E-state index >= 15 is 0 Å². The standard InChI is InChI=1S/C21H26N2O5/c1-23-10-9-21(14-23)13-17(24)16-12-15(5-7-18(16)27-21)6-8-19(25)22-28-20-4-2-3-11-26-20/h5-8,12,20H,2-4,9-11,13-14H2,1H3,(H,22,25)/b8-6+. The number of benzene rings is 1. The fraction of sp³-hybridized carbons (Fsp3) is 0.524. The van der Waals surface area contributed by atoms with Crippen molar-refractivity contribution in [2.75, 3.05) is 26.7 Å². The van der Waals surface area contributed by atoms with Gasteiger partial charge in [-0.2, -0.15) is 0 Å². The summed E-state index contributed by atoms with van der Waals surface area (Å²) in [6.45, 7) is 2.36. The van der Waals surface area contributed by atoms with E-state index in [1.54, 1.807) is 12.1 Å². The molecule has 0 saturated carbocycles. The number of carbonyl (C=O) groups is 2. The van der Waals surface area contributed by atoms with Gasteiger partial charge in [0, 0.05) is 38.6 Å². The Kier molecular flexibility index (Phi) is 5.48. The maximum absolute atomic E-state index is 12.7. The Morgan fingerprint density at radius 2 is 2.29 bits per heavy atom. The summed E-state index contributed by atoms with van der Waals surface area (Å²) in [5, 5.41) is 0. The number of ketones is 1. The van der Waals surface area contributed by atoms with E-state index in [4.69, 9.17) is 14.3 Å². The molecule has 0 radical (unpaired) electrons. The van der Waals surface area contributed by atoms with Gasteiger partial charge in [-0.05, 0) is 43.7 Å². The number of Topliss-reactive ketones (excluding diaryl/α,β-unsaturated/α-hetero) is 1. The number of hydrogen-bond donors (Lipinski definition) is 1. The number of carbonyl (C=O) groups excluding carboxylic acids is 2. The van der Waals surface area contributed by atoms with E-state index in [9.17, 15) is 9.59 Å². The van der Waals surface area contributed by atoms with E-state index in [0.717, 1.165) is 44.3 Å². The number of likely N-dealkylation sites (tertiary alicyclic amines) is 1. The minimum atomic E-state index is -0.394. The van der Waals surface area contributed by atoms with Crippen molar-refractivity contribution in [1.82, 2.24) is 10.4 Å². The van der Waals surface area contributed by atoms with Gasteiger partial charge in [0.05, 0.1) is 12.0 Å². The van der Waals surface area contributed by atoms with Crippen LogP contribution >= 0.6 is 0 Å². The number of rotatable bonds is 4. The van der Waals surface area contributed by atoms with Crippen LogP contribution in [0.2, 0.25) is 0 Å². The summed E-state index contributed by atoms with van der Waals surface area (Å²) in [4.78, 5) is 32.1. The van der Waals surface area contributed by atoms with Crippen LogP contribution in [0.1, 0.15) is 48.0 Å². The highest BCUT2D eigenvalue weighted by Gasteiger charge is 2.44. The zero-order valence-corrected chi connectivity index (χ0v) is 16.1. The van der Waals surface area contributed by atoms with Crippen LogP contribution in [0.5, 0.6) is 5.75 Å². The molecule has 1 N–H and O–H groups in total. The molecule has 2 atom stereocenters. The lowest BCUT2D eigenvalue weighted by Gasteiger charge is -2.34. The summed E-state index contributed by atoms with van der Waals surface area (Å²) in [5.74, 6) is 0.349. The van der Waals surface area contributed by atoms with Crippen molar-refractivity contribution in [1.29, 1.82) is 0 Å². The number of likely N-dealkylation sites (N-methyl/N-ethyl adjacent to an activating group) is 1. The van der Waals surface area contributed by atoms with Gasteiger partial charge in [-0.3, -0.25) is 9.59 Å². The van der Waals surface area contributed by atoms with Gasteiger partial charge in [-0.1, -0.05) is 6.07 Å². The maximum Gasteiger partial charge on any atom is 0.267 e. The molecule has 0 bridgehead atoms. The first-order chi connectivity index (χ1) is 13.5. The molecule has 1 amide bonds. The predicted molar refractivity (Wildman–Crippen MR) is 103 cm³/mol. The molecule has 3 heterocycles. The van der Waals surface area contributed by atoms with Crippen molar-refractivity contribution in [2.24, 2.45) is 0 Å². The van der Waals surface area contributed by atoms with Crippen LogP contribution in [0.25, 0.3) is 6.08 Å². The molecular weight excluding hydrogens is 360 g/mol. The Hall–Kier alpha value is -2.22. The highest BCUT2D eigenvalue weighted by molar-refractivity contribution is 6.01. The zero-order chi connectivity index (χ0) is 19.6. The van der Waals surface area contributed by atoms with Crippen LogP contribution in [-0.2, 0) is 14.4 Å². The van der Waals surface area contributed by atoms with E-state index in [1.165, 1.54) is 6.08 Å². The fourth-order valence-corrected chi connectivity index (χ4v) is 4.02. The molecule has 2 saturated heterocycles. The number of ether oxygens (including phenoxy) is 2. The second kappa shape index (κ2) is 8.03. The molecule has 3 aliphatic heterocycles. The topological polar surface area (TPSA) is 77.1 Å². The average Bonchev–Trinajstić information content (AvgIpc) is 3.05. The summed E-state index contributed by atoms with van der Waals surface area (Å²) in [7, 11) is 2.04. The Balaban J connectivity index is 1.37. The van der Waals surface area contributed by atoms with Gasteiger partial charge in [0.15, 0.2) is 12.1 Å². The van der Waals surface area contributed by atoms with Crippen LogP contribution in [0.3, 0.4) is 0 Å². The van der Waals surface area contributed by atoms with Gasteiger partial charge < -0.3 is 14.4 Å². The van der Waals surface area contributed by atoms with Crippen LogP contribution in [0.15, 0.2) is 24.3 Å². The minimum Gasteiger partial charge on any atom is -0.485 e. The largest absolute Gasteiger partial charge is 0.485 e. The van der Waals surface area contributed by atoms with Gasteiger partial charge in [0.1, 0.15) is 11.4 Å². The number of fused-ring (bicyclic) bond motifs is 1. The Bertz CT molecular complexity index is 787. The van der Waals surface area contributed by atoms with Gasteiger partial charge in [0.2, 0.25) is 0 Å². The third kappa shape index (κ3) is 4.27. The van der Waals surface area contributed by atoms with Crippen molar-refractivity contribution >= 4 is 17.8 Å². The maximum atomic E-state index is 12.7. The van der Waals surface area contributed by atoms with Crippen molar-refractivity contribution in [3.63, 3.8) is 0 Å². The number of amides is 1. The van der Waals surface area contributed by atoms with E-state index in [2.05, 4.69) is 10.4 Å². The Morgan fingerprint density at radius 1 is 1.39 bits per heavy atom. The summed E-state index contributed by atoms with van der Waals surface area (Å²) < 4.78 is 11.6. The van der Waals surface area contributed by atoms with Gasteiger partial charge in [-0.15, -0.1) is 0 Å². The molecule has 1 spiro atoms. The van der Waals surface area contributed by atoms with Crippen LogP contribution in [0.4, 0.5) is 0 Å². The van der Waals surface area contributed by atoms with Crippen LogP contribution < -0.4 is 10.2 Å². The van der Waals surface area contributed by atoms with E-state index in [-0.39, 0.29) is 18.0 Å². The van der Waals surface area contributed by atoms with E-state index in [0.29, 0.717) is 24.3 Å². The van der Waals surface area contributed by atoms with Crippen LogP contribution in [-0.4, -0.2) is 55.2 Å². The molecule has 0 aromatic heterocycles. The summed E-state index contributed by atoms with van der Waals surface area (Å²) in [6.07, 6.45) is 6.73. The van der Waals surface area contributed by atoms with Gasteiger partial charge in [-0.25, -0.2) is 10.3 Å². The first-order valence-electron chi connectivity index (χ1n) is 9.83. The third-order valence-electron chi connectivity index (χ3n) is 5.48. The lowest BCUT2D eigenvalue weighted by atomic mass is 9.88. The fourth-order valence-electron chi connectivity index (χ4n) is 4.02. The Labute approximate surface area is 164 Å². The molecule has 7 nitrogen and oxygen atoms in total. The SMILES string of the molecule is CN1CCC2(CC(=O)c3cc(/C=C/C(=O)NOC4CCCCO4)ccc3O2)C1. The first kappa shape index (κ1) is 19.1. The summed E-state index contributed by atoms with van der Waals surface area (Å²) >= 11 is 0. The second-order valence-corrected chi connectivity index (χ2v) is 7.84. The van der Waals surface area contributed by atoms with Crippen molar-refractivity contribution < 1.29 is 23.9 Å². The summed E-state index contributed by atoms with van der Waals surface area (Å²) in [5.41, 5.74) is 3.33. The van der Waals surface area contributed by atoms with Gasteiger partial charge >= 0.3 is 0 Å². The molecule has 2 fully saturated rings. The van der Waals surface area contributed by atoms with E-state index in [1.807, 2.05) is 19.2 Å². The molecule has 3 aliphatic rings. The van der Waals surface area contributed by atoms with Gasteiger partial charge in [0.25, 0.3) is 5.91 Å². The zero-order valence-electron chi connectivity index (χ0n) is 16.1. The third-order valence-corrected chi connectivity index (χ3v) is 5.48. The predicted octanol–water partition coefficient (Wildman–Crippen LogP) is 2.31. The van der Waals surface area contributed by atoms with Crippen molar-refractivity contribution in [2.45, 2.75) is 44.0 Å². The number of hydroxylamine groups is 1. The molecule has 1 aromatic rings. The lowest BCUT2D eigenvalue weighted by Crippen LogP contribution is -2.44. The minimum absolute atomic E-state index is 0.0917. The average molecular weight is 386 g/mol. The highest BCUT2D eigenvalue weighted by atomic mass is 16.8. The monoisotopic (exact) mass is 386 g/mol. The highest BCUT2D eigenvalue weighted by Crippen LogP contribution is 2.38. The molecule has 150 valence electrons. The van der Waals surface area contributed by atoms with E-state index < -0.39 is 5.60 Å². The second-order valence-electron chi connectivity index (χ2n) is 7.84. The lowest BCUT2D eigenvalue weighted by molar-refractivity contribution is -0.198. The first-order valence-corrected chi connectivity index (χ1v) is 9.83. The smallest absolute Gasteiger partial charge is 0.267 e. The number of nitrogens with zero attached hydrogens (tertiary/aromatic N) is 1. The molecule has 2 unspecified atom stereocenters. The summed E-state index contributed by atoms with van der Waals surface area (Å²) in [6, 6.07) is 5.44. The van der Waals surface area contributed by atoms with Crippen molar-refractivity contribution in [3.8, 4) is 5.75 Å².